The molecule has 0 unspecified atom stereocenters. The van der Waals surface area contributed by atoms with Crippen LogP contribution in [0.15, 0.2) is 83.5 Å². The molecule has 217 valence electrons. The molecule has 1 aliphatic rings. The Labute approximate surface area is 273 Å². The summed E-state index contributed by atoms with van der Waals surface area (Å²) in [5, 5.41) is 2.94. The molecule has 1 radical (unpaired) electrons. The first-order valence-electron chi connectivity index (χ1n) is 15.6. The van der Waals surface area contributed by atoms with E-state index < -0.39 is 6.85 Å². The molecule has 0 amide bonds. The van der Waals surface area contributed by atoms with Gasteiger partial charge in [0.1, 0.15) is 0 Å². The van der Waals surface area contributed by atoms with Gasteiger partial charge in [0.05, 0.1) is 10.3 Å². The number of aryl methyl sites for hydroxylation is 3. The molecule has 43 heavy (non-hydrogen) atoms. The summed E-state index contributed by atoms with van der Waals surface area (Å²) < 4.78 is 30.2. The first-order chi connectivity index (χ1) is 21.6. The number of rotatable bonds is 2. The van der Waals surface area contributed by atoms with Crippen LogP contribution in [-0.4, -0.2) is 15.0 Å². The molecular weight excluding hydrogens is 727 g/mol. The molecule has 0 atom stereocenters. The van der Waals surface area contributed by atoms with Gasteiger partial charge in [0, 0.05) is 52.6 Å². The van der Waals surface area contributed by atoms with Crippen LogP contribution in [0.25, 0.3) is 54.7 Å². The van der Waals surface area contributed by atoms with Crippen molar-refractivity contribution in [3.8, 4) is 22.5 Å². The Hall–Kier alpha value is -3.70. The Kier molecular flexibility index (Phi) is 7.05. The fourth-order valence-corrected chi connectivity index (χ4v) is 7.29. The summed E-state index contributed by atoms with van der Waals surface area (Å²) in [6, 6.07) is 27.6. The van der Waals surface area contributed by atoms with E-state index in [9.17, 15) is 0 Å². The summed E-state index contributed by atoms with van der Waals surface area (Å²) in [7, 11) is 0. The second kappa shape index (κ2) is 11.8. The van der Waals surface area contributed by atoms with Gasteiger partial charge in [-0.2, -0.15) is 0 Å². The normalized spacial score (nSPS) is 15.1. The van der Waals surface area contributed by atoms with Gasteiger partial charge >= 0.3 is 0 Å². The smallest absolute Gasteiger partial charge is 0.216 e. The summed E-state index contributed by atoms with van der Waals surface area (Å²) in [6.45, 7) is 4.42. The maximum Gasteiger partial charge on any atom is 0.216 e. The molecule has 7 aromatic rings. The van der Waals surface area contributed by atoms with Crippen LogP contribution in [-0.2, 0) is 31.9 Å². The molecule has 4 nitrogen and oxygen atoms in total. The summed E-state index contributed by atoms with van der Waals surface area (Å²) in [5.41, 5.74) is 7.36. The molecule has 0 bridgehead atoms. The topological polar surface area (TPSA) is 51.8 Å². The predicted octanol–water partition coefficient (Wildman–Crippen LogP) is 9.83. The number of furan rings is 1. The molecule has 0 N–H and O–H groups in total. The number of thiophene rings is 1. The van der Waals surface area contributed by atoms with Gasteiger partial charge in [-0.25, -0.2) is 4.98 Å². The first kappa shape index (κ1) is 25.8. The minimum Gasteiger partial charge on any atom is -0.486 e. The second-order valence-corrected chi connectivity index (χ2v) is 12.6. The Balaban J connectivity index is 0.000000223. The number of benzene rings is 2. The standard InChI is InChI=1S/C25H21N2OS.C12H10N.Ir/c1-14-9-10-16-15-6-4-7-17(23(15)28-24(16)27-14)19-12-18-21(13-26-19)29-20-8-5-11-25(2,3)22(18)20;1-10-7-8-12(13-9-10)11-5-3-2-4-6-11;/h4,6,9-10,12-13H,5,8,11H2,1-3H3;2-5,7-9H,1H3;/q2*-1;/i1D3;;. The minimum absolute atomic E-state index is 0. The van der Waals surface area contributed by atoms with E-state index in [1.54, 1.807) is 12.1 Å². The monoisotopic (exact) mass is 761 g/mol. The van der Waals surface area contributed by atoms with E-state index >= 15 is 0 Å². The van der Waals surface area contributed by atoms with Crippen molar-refractivity contribution in [2.75, 3.05) is 0 Å². The fraction of sp³-hybridized carbons (Fsp3) is 0.216. The molecule has 2 aromatic carbocycles. The molecule has 0 aliphatic heterocycles. The van der Waals surface area contributed by atoms with Gasteiger partial charge in [0.15, 0.2) is 0 Å². The second-order valence-electron chi connectivity index (χ2n) is 11.4. The summed E-state index contributed by atoms with van der Waals surface area (Å²) in [4.78, 5) is 14.8. The van der Waals surface area contributed by atoms with Crippen molar-refractivity contribution in [2.24, 2.45) is 0 Å². The Bertz CT molecular complexity index is 2170. The average molecular weight is 761 g/mol. The molecule has 0 fully saturated rings. The summed E-state index contributed by atoms with van der Waals surface area (Å²) in [5.74, 6) is 0. The van der Waals surface area contributed by atoms with Crippen LogP contribution in [0.2, 0.25) is 0 Å². The average Bonchev–Trinajstić information content (AvgIpc) is 3.60. The van der Waals surface area contributed by atoms with Gasteiger partial charge in [0.2, 0.25) is 5.71 Å². The molecular formula is C37H31IrN3OS-2. The van der Waals surface area contributed by atoms with E-state index in [0.29, 0.717) is 11.3 Å². The van der Waals surface area contributed by atoms with Crippen LogP contribution in [0.3, 0.4) is 0 Å². The molecule has 5 aromatic heterocycles. The zero-order valence-electron chi connectivity index (χ0n) is 27.1. The summed E-state index contributed by atoms with van der Waals surface area (Å²) in [6.07, 6.45) is 7.38. The number of fused-ring (bicyclic) bond motifs is 6. The predicted molar refractivity (Wildman–Crippen MR) is 173 cm³/mol. The third kappa shape index (κ3) is 5.56. The van der Waals surface area contributed by atoms with E-state index in [4.69, 9.17) is 13.5 Å². The molecule has 0 saturated carbocycles. The number of nitrogens with zero attached hydrogens (tertiary/aromatic N) is 3. The van der Waals surface area contributed by atoms with Crippen molar-refractivity contribution < 1.29 is 28.6 Å². The van der Waals surface area contributed by atoms with Gasteiger partial charge in [-0.3, -0.25) is 0 Å². The molecule has 0 saturated heterocycles. The number of hydrogen-bond donors (Lipinski definition) is 0. The Morgan fingerprint density at radius 1 is 0.930 bits per heavy atom. The number of aromatic nitrogens is 3. The quantitative estimate of drug-likeness (QED) is 0.165. The molecule has 1 aliphatic carbocycles. The molecule has 0 spiro atoms. The minimum atomic E-state index is -2.28. The van der Waals surface area contributed by atoms with Crippen LogP contribution in [0.1, 0.15) is 52.5 Å². The maximum absolute atomic E-state index is 7.64. The van der Waals surface area contributed by atoms with Crippen molar-refractivity contribution >= 4 is 43.5 Å². The number of hydrogen-bond acceptors (Lipinski definition) is 5. The van der Waals surface area contributed by atoms with Crippen LogP contribution in [0, 0.1) is 25.9 Å². The Morgan fingerprint density at radius 2 is 1.81 bits per heavy atom. The molecule has 6 heteroatoms. The van der Waals surface area contributed by atoms with E-state index in [1.807, 2.05) is 73.1 Å². The molecule has 8 rings (SSSR count). The van der Waals surface area contributed by atoms with Crippen molar-refractivity contribution in [2.45, 2.75) is 52.3 Å². The van der Waals surface area contributed by atoms with E-state index in [1.165, 1.54) is 38.9 Å². The molecule has 5 heterocycles. The van der Waals surface area contributed by atoms with E-state index in [-0.39, 0.29) is 31.2 Å². The first-order valence-corrected chi connectivity index (χ1v) is 15.0. The van der Waals surface area contributed by atoms with E-state index in [0.717, 1.165) is 39.7 Å². The van der Waals surface area contributed by atoms with Gasteiger partial charge in [0.25, 0.3) is 0 Å². The number of pyridine rings is 3. The third-order valence-corrected chi connectivity index (χ3v) is 9.18. The third-order valence-electron chi connectivity index (χ3n) is 7.98. The van der Waals surface area contributed by atoms with Crippen molar-refractivity contribution in [1.82, 2.24) is 15.0 Å². The van der Waals surface area contributed by atoms with Crippen LogP contribution in [0.4, 0.5) is 0 Å². The Morgan fingerprint density at radius 3 is 2.60 bits per heavy atom. The van der Waals surface area contributed by atoms with E-state index in [2.05, 4.69) is 48.1 Å². The maximum atomic E-state index is 7.64. The zero-order chi connectivity index (χ0) is 31.3. The van der Waals surface area contributed by atoms with Crippen LogP contribution >= 0.6 is 11.3 Å². The fourth-order valence-electron chi connectivity index (χ4n) is 5.92. The van der Waals surface area contributed by atoms with Crippen molar-refractivity contribution in [3.63, 3.8) is 0 Å². The zero-order valence-corrected chi connectivity index (χ0v) is 27.3. The van der Waals surface area contributed by atoms with Gasteiger partial charge < -0.3 is 14.4 Å². The van der Waals surface area contributed by atoms with Gasteiger partial charge in [-0.05, 0) is 78.5 Å². The van der Waals surface area contributed by atoms with Crippen LogP contribution in [0.5, 0.6) is 0 Å². The SMILES string of the molecule is Cc1ccc(-c2[c-]cccc2)nc1.[2H]C([2H])([2H])c1ccc2c(n1)oc1c(-c3cc4c5c(sc4cn3)CCCC5(C)C)[c-]ccc12.[Ir]. The van der Waals surface area contributed by atoms with Gasteiger partial charge in [-0.15, -0.1) is 65.4 Å². The van der Waals surface area contributed by atoms with Crippen molar-refractivity contribution in [3.05, 3.63) is 113 Å². The van der Waals surface area contributed by atoms with Crippen molar-refractivity contribution in [1.29, 1.82) is 0 Å². The largest absolute Gasteiger partial charge is 0.486 e. The van der Waals surface area contributed by atoms with Gasteiger partial charge in [-0.1, -0.05) is 43.0 Å². The summed E-state index contributed by atoms with van der Waals surface area (Å²) >= 11 is 1.86. The van der Waals surface area contributed by atoms with Crippen LogP contribution < -0.4 is 0 Å².